The molecule has 0 aliphatic rings. The molecule has 0 aliphatic heterocycles. The van der Waals surface area contributed by atoms with E-state index in [1.807, 2.05) is 29.3 Å². The summed E-state index contributed by atoms with van der Waals surface area (Å²) in [7, 11) is 1.97. The summed E-state index contributed by atoms with van der Waals surface area (Å²) in [4.78, 5) is 1.43. The van der Waals surface area contributed by atoms with E-state index < -0.39 is 0 Å². The number of nitrogens with one attached hydrogen (secondary N) is 1. The molecule has 0 bridgehead atoms. The summed E-state index contributed by atoms with van der Waals surface area (Å²) in [5.74, 6) is 0. The number of aryl methyl sites for hydroxylation is 2. The molecule has 3 rings (SSSR count). The van der Waals surface area contributed by atoms with Crippen LogP contribution >= 0.6 is 11.3 Å². The molecule has 2 heterocycles. The maximum absolute atomic E-state index is 4.25. The molecule has 110 valence electrons. The smallest absolute Gasteiger partial charge is 0.0521 e. The fourth-order valence-corrected chi connectivity index (χ4v) is 3.85. The molecule has 3 nitrogen and oxygen atoms in total. The largest absolute Gasteiger partial charge is 0.310 e. The Morgan fingerprint density at radius 3 is 2.90 bits per heavy atom. The zero-order valence-electron chi connectivity index (χ0n) is 12.5. The second-order valence-electron chi connectivity index (χ2n) is 5.36. The van der Waals surface area contributed by atoms with E-state index in [1.54, 1.807) is 0 Å². The van der Waals surface area contributed by atoms with E-state index in [4.69, 9.17) is 0 Å². The van der Waals surface area contributed by atoms with Crippen LogP contribution in [0.4, 0.5) is 0 Å². The first-order valence-electron chi connectivity index (χ1n) is 7.45. The highest BCUT2D eigenvalue weighted by Gasteiger charge is 2.14. The van der Waals surface area contributed by atoms with Crippen LogP contribution in [0.15, 0.2) is 42.7 Å². The van der Waals surface area contributed by atoms with Crippen LogP contribution in [0.2, 0.25) is 0 Å². The summed E-state index contributed by atoms with van der Waals surface area (Å²) in [6, 6.07) is 11.4. The molecule has 1 aromatic carbocycles. The van der Waals surface area contributed by atoms with Crippen molar-refractivity contribution < 1.29 is 0 Å². The van der Waals surface area contributed by atoms with Crippen molar-refractivity contribution in [3.8, 4) is 0 Å². The Balaban J connectivity index is 1.76. The lowest BCUT2D eigenvalue weighted by Crippen LogP contribution is -2.20. The molecule has 0 radical (unpaired) electrons. The van der Waals surface area contributed by atoms with Gasteiger partial charge in [0.15, 0.2) is 0 Å². The summed E-state index contributed by atoms with van der Waals surface area (Å²) in [6.45, 7) is 3.16. The second-order valence-corrected chi connectivity index (χ2v) is 6.47. The number of hydrogen-bond acceptors (Lipinski definition) is 3. The molecule has 0 fully saturated rings. The van der Waals surface area contributed by atoms with Gasteiger partial charge in [0.1, 0.15) is 0 Å². The fourth-order valence-electron chi connectivity index (χ4n) is 2.68. The minimum Gasteiger partial charge on any atom is -0.310 e. The molecule has 0 saturated heterocycles. The van der Waals surface area contributed by atoms with Crippen LogP contribution in [0.3, 0.4) is 0 Å². The maximum atomic E-state index is 4.25. The lowest BCUT2D eigenvalue weighted by atomic mass is 10.1. The van der Waals surface area contributed by atoms with Gasteiger partial charge in [-0.1, -0.05) is 25.1 Å². The maximum Gasteiger partial charge on any atom is 0.0521 e. The van der Waals surface area contributed by atoms with Crippen molar-refractivity contribution >= 4 is 21.4 Å². The van der Waals surface area contributed by atoms with Gasteiger partial charge in [-0.05, 0) is 42.5 Å². The highest BCUT2D eigenvalue weighted by atomic mass is 32.1. The summed E-state index contributed by atoms with van der Waals surface area (Å²) in [5.41, 5.74) is 1.31. The molecule has 1 N–H and O–H groups in total. The van der Waals surface area contributed by atoms with Gasteiger partial charge in [0, 0.05) is 28.9 Å². The van der Waals surface area contributed by atoms with Crippen LogP contribution in [0.25, 0.3) is 10.1 Å². The van der Waals surface area contributed by atoms with Crippen molar-refractivity contribution in [1.29, 1.82) is 0 Å². The third-order valence-electron chi connectivity index (χ3n) is 3.72. The summed E-state index contributed by atoms with van der Waals surface area (Å²) >= 11 is 1.90. The predicted octanol–water partition coefficient (Wildman–Crippen LogP) is 3.92. The number of fused-ring (bicyclic) bond motifs is 1. The van der Waals surface area contributed by atoms with Crippen LogP contribution in [0.1, 0.15) is 29.8 Å². The zero-order valence-corrected chi connectivity index (χ0v) is 13.4. The molecule has 0 spiro atoms. The zero-order chi connectivity index (χ0) is 14.7. The molecule has 1 unspecified atom stereocenters. The molecule has 3 aromatic rings. The van der Waals surface area contributed by atoms with Crippen molar-refractivity contribution in [1.82, 2.24) is 15.1 Å². The minimum atomic E-state index is 0.424. The van der Waals surface area contributed by atoms with Crippen LogP contribution in [0, 0.1) is 0 Å². The highest BCUT2D eigenvalue weighted by molar-refractivity contribution is 7.19. The third-order valence-corrected chi connectivity index (χ3v) is 4.95. The average molecular weight is 299 g/mol. The van der Waals surface area contributed by atoms with E-state index in [1.165, 1.54) is 20.5 Å². The Hall–Kier alpha value is -1.65. The first kappa shape index (κ1) is 14.3. The van der Waals surface area contributed by atoms with Gasteiger partial charge in [-0.2, -0.15) is 5.10 Å². The van der Waals surface area contributed by atoms with Crippen LogP contribution in [-0.4, -0.2) is 16.3 Å². The number of hydrogen-bond donors (Lipinski definition) is 1. The van der Waals surface area contributed by atoms with Crippen LogP contribution < -0.4 is 5.32 Å². The summed E-state index contributed by atoms with van der Waals surface area (Å²) in [6.07, 6.45) is 6.23. The van der Waals surface area contributed by atoms with Gasteiger partial charge in [0.25, 0.3) is 0 Å². The molecular formula is C17H21N3S. The van der Waals surface area contributed by atoms with E-state index in [0.29, 0.717) is 6.04 Å². The van der Waals surface area contributed by atoms with Crippen LogP contribution in [-0.2, 0) is 13.5 Å². The molecule has 2 aromatic heterocycles. The van der Waals surface area contributed by atoms with Crippen LogP contribution in [0.5, 0.6) is 0 Å². The third kappa shape index (κ3) is 3.34. The summed E-state index contributed by atoms with van der Waals surface area (Å²) in [5, 5.41) is 9.22. The van der Waals surface area contributed by atoms with Crippen molar-refractivity contribution in [2.24, 2.45) is 7.05 Å². The van der Waals surface area contributed by atoms with Crippen molar-refractivity contribution in [2.75, 3.05) is 6.54 Å². The van der Waals surface area contributed by atoms with Crippen molar-refractivity contribution in [3.05, 3.63) is 53.2 Å². The van der Waals surface area contributed by atoms with Gasteiger partial charge in [0.05, 0.1) is 6.20 Å². The first-order chi connectivity index (χ1) is 10.3. The van der Waals surface area contributed by atoms with Crippen molar-refractivity contribution in [3.63, 3.8) is 0 Å². The van der Waals surface area contributed by atoms with E-state index in [0.717, 1.165) is 19.4 Å². The van der Waals surface area contributed by atoms with Crippen molar-refractivity contribution in [2.45, 2.75) is 25.8 Å². The number of benzene rings is 1. The Kier molecular flexibility index (Phi) is 4.36. The average Bonchev–Trinajstić information content (AvgIpc) is 3.09. The Labute approximate surface area is 129 Å². The van der Waals surface area contributed by atoms with Gasteiger partial charge in [0.2, 0.25) is 0 Å². The SMILES string of the molecule is CCNC(CCc1cnn(C)c1)c1cc2ccccc2s1. The van der Waals surface area contributed by atoms with Gasteiger partial charge in [-0.15, -0.1) is 11.3 Å². The fraction of sp³-hybridized carbons (Fsp3) is 0.353. The van der Waals surface area contributed by atoms with E-state index in [2.05, 4.69) is 53.9 Å². The quantitative estimate of drug-likeness (QED) is 0.747. The highest BCUT2D eigenvalue weighted by Crippen LogP contribution is 2.31. The normalized spacial score (nSPS) is 12.9. The summed E-state index contributed by atoms with van der Waals surface area (Å²) < 4.78 is 3.24. The number of rotatable bonds is 6. The molecule has 21 heavy (non-hydrogen) atoms. The molecule has 4 heteroatoms. The Morgan fingerprint density at radius 2 is 2.19 bits per heavy atom. The number of nitrogens with zero attached hydrogens (tertiary/aromatic N) is 2. The molecule has 0 amide bonds. The lowest BCUT2D eigenvalue weighted by molar-refractivity contribution is 0.523. The van der Waals surface area contributed by atoms with Gasteiger partial charge < -0.3 is 5.32 Å². The van der Waals surface area contributed by atoms with Gasteiger partial charge in [-0.25, -0.2) is 0 Å². The molecule has 0 saturated carbocycles. The topological polar surface area (TPSA) is 29.9 Å². The Bertz CT molecular complexity index is 680. The second kappa shape index (κ2) is 6.41. The van der Waals surface area contributed by atoms with Gasteiger partial charge in [-0.3, -0.25) is 4.68 Å². The van der Waals surface area contributed by atoms with E-state index >= 15 is 0 Å². The minimum absolute atomic E-state index is 0.424. The lowest BCUT2D eigenvalue weighted by Gasteiger charge is -2.15. The number of aromatic nitrogens is 2. The van der Waals surface area contributed by atoms with E-state index in [9.17, 15) is 0 Å². The standard InChI is InChI=1S/C17H21N3S/c1-3-18-15(9-8-13-11-19-20(2)12-13)17-10-14-6-4-5-7-16(14)21-17/h4-7,10-12,15,18H,3,8-9H2,1-2H3. The van der Waals surface area contributed by atoms with Gasteiger partial charge >= 0.3 is 0 Å². The monoisotopic (exact) mass is 299 g/mol. The number of thiophene rings is 1. The first-order valence-corrected chi connectivity index (χ1v) is 8.27. The molecule has 0 aliphatic carbocycles. The molecule has 1 atom stereocenters. The van der Waals surface area contributed by atoms with E-state index in [-0.39, 0.29) is 0 Å². The molecular weight excluding hydrogens is 278 g/mol. The predicted molar refractivity (Wildman–Crippen MR) is 89.8 cm³/mol. The Morgan fingerprint density at radius 1 is 1.33 bits per heavy atom.